The van der Waals surface area contributed by atoms with Gasteiger partial charge in [0, 0.05) is 39.4 Å². The molecule has 1 saturated heterocycles. The predicted molar refractivity (Wildman–Crippen MR) is 60.7 cm³/mol. The van der Waals surface area contributed by atoms with Crippen molar-refractivity contribution in [1.82, 2.24) is 10.2 Å². The average Bonchev–Trinajstić information content (AvgIpc) is 2.28. The van der Waals surface area contributed by atoms with Crippen molar-refractivity contribution < 1.29 is 9.47 Å². The van der Waals surface area contributed by atoms with E-state index in [1.54, 1.807) is 0 Å². The van der Waals surface area contributed by atoms with Crippen LogP contribution in [0.15, 0.2) is 0 Å². The molecule has 0 aliphatic carbocycles. The van der Waals surface area contributed by atoms with Crippen molar-refractivity contribution in [3.63, 3.8) is 0 Å². The van der Waals surface area contributed by atoms with Gasteiger partial charge in [0.2, 0.25) is 0 Å². The third-order valence-electron chi connectivity index (χ3n) is 2.55. The molecular weight excluding hydrogens is 192 g/mol. The molecule has 4 nitrogen and oxygen atoms in total. The van der Waals surface area contributed by atoms with Crippen LogP contribution in [0.3, 0.4) is 0 Å². The zero-order valence-electron chi connectivity index (χ0n) is 10.00. The van der Waals surface area contributed by atoms with E-state index in [4.69, 9.17) is 9.47 Å². The van der Waals surface area contributed by atoms with Crippen LogP contribution < -0.4 is 5.32 Å². The molecule has 15 heavy (non-hydrogen) atoms. The smallest absolute Gasteiger partial charge is 0.158 e. The van der Waals surface area contributed by atoms with E-state index < -0.39 is 0 Å². The normalized spacial score (nSPS) is 18.6. The van der Waals surface area contributed by atoms with Crippen LogP contribution in [0.5, 0.6) is 0 Å². The molecule has 0 amide bonds. The van der Waals surface area contributed by atoms with Crippen LogP contribution in [-0.2, 0) is 9.47 Å². The van der Waals surface area contributed by atoms with Crippen molar-refractivity contribution in [3.05, 3.63) is 0 Å². The van der Waals surface area contributed by atoms with Gasteiger partial charge < -0.3 is 14.8 Å². The van der Waals surface area contributed by atoms with E-state index in [-0.39, 0.29) is 6.29 Å². The van der Waals surface area contributed by atoms with Crippen molar-refractivity contribution in [1.29, 1.82) is 0 Å². The van der Waals surface area contributed by atoms with Gasteiger partial charge in [0.25, 0.3) is 0 Å². The highest BCUT2D eigenvalue weighted by molar-refractivity contribution is 4.64. The standard InChI is InChI=1S/C11H24N2O2/c1-3-14-11(15-4-2)6-9-13-8-5-7-12-10-13/h11-12H,3-10H2,1-2H3. The Morgan fingerprint density at radius 3 is 2.53 bits per heavy atom. The summed E-state index contributed by atoms with van der Waals surface area (Å²) in [5.74, 6) is 0. The maximum absolute atomic E-state index is 5.50. The maximum Gasteiger partial charge on any atom is 0.158 e. The first-order chi connectivity index (χ1) is 7.36. The summed E-state index contributed by atoms with van der Waals surface area (Å²) in [7, 11) is 0. The molecule has 1 fully saturated rings. The van der Waals surface area contributed by atoms with Crippen molar-refractivity contribution >= 4 is 0 Å². The molecule has 90 valence electrons. The fourth-order valence-corrected chi connectivity index (χ4v) is 1.81. The van der Waals surface area contributed by atoms with Gasteiger partial charge in [-0.15, -0.1) is 0 Å². The topological polar surface area (TPSA) is 33.7 Å². The Hall–Kier alpha value is -0.160. The highest BCUT2D eigenvalue weighted by Crippen LogP contribution is 2.04. The lowest BCUT2D eigenvalue weighted by Gasteiger charge is -2.28. The van der Waals surface area contributed by atoms with Gasteiger partial charge in [-0.2, -0.15) is 0 Å². The van der Waals surface area contributed by atoms with Crippen molar-refractivity contribution in [3.8, 4) is 0 Å². The van der Waals surface area contributed by atoms with E-state index >= 15 is 0 Å². The summed E-state index contributed by atoms with van der Waals surface area (Å²) >= 11 is 0. The Bertz CT molecular complexity index is 144. The fraction of sp³-hybridized carbons (Fsp3) is 1.00. The van der Waals surface area contributed by atoms with Crippen LogP contribution in [0.4, 0.5) is 0 Å². The number of nitrogens with one attached hydrogen (secondary N) is 1. The third kappa shape index (κ3) is 5.47. The van der Waals surface area contributed by atoms with E-state index in [9.17, 15) is 0 Å². The Labute approximate surface area is 92.9 Å². The minimum Gasteiger partial charge on any atom is -0.353 e. The Balaban J connectivity index is 2.13. The van der Waals surface area contributed by atoms with Crippen molar-refractivity contribution in [2.75, 3.05) is 39.5 Å². The quantitative estimate of drug-likeness (QED) is 0.644. The fourth-order valence-electron chi connectivity index (χ4n) is 1.81. The second-order valence-electron chi connectivity index (χ2n) is 3.76. The third-order valence-corrected chi connectivity index (χ3v) is 2.55. The molecule has 1 aliphatic rings. The van der Waals surface area contributed by atoms with Crippen LogP contribution in [0.1, 0.15) is 26.7 Å². The molecule has 0 spiro atoms. The number of hydrogen-bond acceptors (Lipinski definition) is 4. The Morgan fingerprint density at radius 2 is 2.00 bits per heavy atom. The van der Waals surface area contributed by atoms with E-state index in [0.29, 0.717) is 0 Å². The van der Waals surface area contributed by atoms with E-state index in [1.807, 2.05) is 13.8 Å². The van der Waals surface area contributed by atoms with Gasteiger partial charge in [0.05, 0.1) is 0 Å². The largest absolute Gasteiger partial charge is 0.353 e. The second kappa shape index (κ2) is 8.05. The van der Waals surface area contributed by atoms with Crippen molar-refractivity contribution in [2.45, 2.75) is 33.0 Å². The Morgan fingerprint density at radius 1 is 1.27 bits per heavy atom. The predicted octanol–water partition coefficient (Wildman–Crippen LogP) is 1.03. The van der Waals surface area contributed by atoms with Gasteiger partial charge in [0.1, 0.15) is 0 Å². The summed E-state index contributed by atoms with van der Waals surface area (Å²) < 4.78 is 11.0. The van der Waals surface area contributed by atoms with E-state index in [2.05, 4.69) is 10.2 Å². The van der Waals surface area contributed by atoms with E-state index in [1.165, 1.54) is 13.0 Å². The zero-order valence-corrected chi connectivity index (χ0v) is 10.00. The summed E-state index contributed by atoms with van der Waals surface area (Å²) in [6, 6.07) is 0. The summed E-state index contributed by atoms with van der Waals surface area (Å²) in [5, 5.41) is 3.37. The molecule has 0 atom stereocenters. The molecule has 0 aromatic carbocycles. The van der Waals surface area contributed by atoms with Crippen LogP contribution in [-0.4, -0.2) is 50.7 Å². The first-order valence-corrected chi connectivity index (χ1v) is 6.03. The lowest BCUT2D eigenvalue weighted by atomic mass is 10.3. The van der Waals surface area contributed by atoms with Gasteiger partial charge in [-0.25, -0.2) is 0 Å². The minimum atomic E-state index is -0.0260. The molecule has 1 N–H and O–H groups in total. The monoisotopic (exact) mass is 216 g/mol. The molecule has 0 radical (unpaired) electrons. The van der Waals surface area contributed by atoms with Gasteiger partial charge in [-0.3, -0.25) is 4.90 Å². The van der Waals surface area contributed by atoms with Crippen molar-refractivity contribution in [2.24, 2.45) is 0 Å². The highest BCUT2D eigenvalue weighted by Gasteiger charge is 2.13. The highest BCUT2D eigenvalue weighted by atomic mass is 16.7. The molecule has 0 unspecified atom stereocenters. The molecular formula is C11H24N2O2. The van der Waals surface area contributed by atoms with Gasteiger partial charge in [-0.05, 0) is 26.8 Å². The molecule has 1 heterocycles. The summed E-state index contributed by atoms with van der Waals surface area (Å²) in [6.45, 7) is 9.87. The van der Waals surface area contributed by atoms with Gasteiger partial charge in [-0.1, -0.05) is 0 Å². The Kier molecular flexibility index (Phi) is 6.92. The SMILES string of the molecule is CCOC(CCN1CCCNC1)OCC. The average molecular weight is 216 g/mol. The summed E-state index contributed by atoms with van der Waals surface area (Å²) in [6.07, 6.45) is 2.18. The molecule has 0 aromatic rings. The number of hydrogen-bond donors (Lipinski definition) is 1. The molecule has 0 aromatic heterocycles. The molecule has 4 heteroatoms. The lowest BCUT2D eigenvalue weighted by molar-refractivity contribution is -0.142. The van der Waals surface area contributed by atoms with Crippen LogP contribution in [0.2, 0.25) is 0 Å². The van der Waals surface area contributed by atoms with Crippen LogP contribution >= 0.6 is 0 Å². The van der Waals surface area contributed by atoms with E-state index in [0.717, 1.165) is 39.4 Å². The lowest BCUT2D eigenvalue weighted by Crippen LogP contribution is -2.42. The molecule has 0 saturated carbocycles. The minimum absolute atomic E-state index is 0.0260. The zero-order chi connectivity index (χ0) is 10.9. The number of ether oxygens (including phenoxy) is 2. The molecule has 0 bridgehead atoms. The maximum atomic E-state index is 5.50. The van der Waals surface area contributed by atoms with Gasteiger partial charge in [0.15, 0.2) is 6.29 Å². The van der Waals surface area contributed by atoms with Gasteiger partial charge >= 0.3 is 0 Å². The second-order valence-corrected chi connectivity index (χ2v) is 3.76. The van der Waals surface area contributed by atoms with Crippen LogP contribution in [0.25, 0.3) is 0 Å². The first kappa shape index (κ1) is 12.9. The van der Waals surface area contributed by atoms with Crippen LogP contribution in [0, 0.1) is 0 Å². The summed E-state index contributed by atoms with van der Waals surface area (Å²) in [5.41, 5.74) is 0. The first-order valence-electron chi connectivity index (χ1n) is 6.03. The molecule has 1 rings (SSSR count). The molecule has 1 aliphatic heterocycles. The number of nitrogens with zero attached hydrogens (tertiary/aromatic N) is 1. The summed E-state index contributed by atoms with van der Waals surface area (Å²) in [4.78, 5) is 2.41. The number of rotatable bonds is 7.